The number of benzene rings is 1. The van der Waals surface area contributed by atoms with Gasteiger partial charge in [0.1, 0.15) is 12.7 Å². The van der Waals surface area contributed by atoms with Gasteiger partial charge in [0.25, 0.3) is 0 Å². The summed E-state index contributed by atoms with van der Waals surface area (Å²) in [6.07, 6.45) is 7.33. The average Bonchev–Trinajstić information content (AvgIpc) is 2.90. The molecule has 0 atom stereocenters. The molecule has 1 aliphatic rings. The SMILES string of the molecule is N#Cc1c(COC(=O)/C=C/c2cc(Cl)c3c(c2)OCCCO3)cn2ccccc12. The second kappa shape index (κ2) is 8.29. The Hall–Kier alpha value is -3.43. The summed E-state index contributed by atoms with van der Waals surface area (Å²) in [4.78, 5) is 12.1. The highest BCUT2D eigenvalue weighted by atomic mass is 35.5. The van der Waals surface area contributed by atoms with Crippen LogP contribution in [0.4, 0.5) is 0 Å². The van der Waals surface area contributed by atoms with Crippen LogP contribution in [0.1, 0.15) is 23.1 Å². The lowest BCUT2D eigenvalue weighted by atomic mass is 10.2. The van der Waals surface area contributed by atoms with Gasteiger partial charge >= 0.3 is 5.97 Å². The molecule has 146 valence electrons. The van der Waals surface area contributed by atoms with E-state index < -0.39 is 5.97 Å². The lowest BCUT2D eigenvalue weighted by molar-refractivity contribution is -0.138. The number of rotatable bonds is 4. The third-order valence-corrected chi connectivity index (χ3v) is 4.76. The number of hydrogen-bond acceptors (Lipinski definition) is 5. The third-order valence-electron chi connectivity index (χ3n) is 4.48. The van der Waals surface area contributed by atoms with Crippen LogP contribution < -0.4 is 9.47 Å². The molecule has 29 heavy (non-hydrogen) atoms. The number of pyridine rings is 1. The van der Waals surface area contributed by atoms with E-state index in [0.717, 1.165) is 11.9 Å². The van der Waals surface area contributed by atoms with Gasteiger partial charge in [0.2, 0.25) is 0 Å². The fraction of sp³-hybridized carbons (Fsp3) is 0.182. The molecular weight excluding hydrogens is 392 g/mol. The van der Waals surface area contributed by atoms with E-state index in [4.69, 9.17) is 25.8 Å². The Balaban J connectivity index is 1.45. The molecular formula is C22H17ClN2O4. The number of carbonyl (C=O) groups is 1. The Labute approximate surface area is 172 Å². The fourth-order valence-electron chi connectivity index (χ4n) is 3.12. The Morgan fingerprint density at radius 3 is 3.03 bits per heavy atom. The van der Waals surface area contributed by atoms with Crippen molar-refractivity contribution in [2.24, 2.45) is 0 Å². The number of nitrogens with zero attached hydrogens (tertiary/aromatic N) is 2. The van der Waals surface area contributed by atoms with E-state index >= 15 is 0 Å². The van der Waals surface area contributed by atoms with Gasteiger partial charge in [0.15, 0.2) is 11.5 Å². The first kappa shape index (κ1) is 18.9. The maximum atomic E-state index is 12.1. The van der Waals surface area contributed by atoms with Crippen molar-refractivity contribution in [3.63, 3.8) is 0 Å². The number of carbonyl (C=O) groups excluding carboxylic acids is 1. The molecule has 7 heteroatoms. The van der Waals surface area contributed by atoms with Crippen molar-refractivity contribution in [1.82, 2.24) is 4.40 Å². The monoisotopic (exact) mass is 408 g/mol. The van der Waals surface area contributed by atoms with Gasteiger partial charge in [-0.3, -0.25) is 0 Å². The van der Waals surface area contributed by atoms with Crippen LogP contribution >= 0.6 is 11.6 Å². The highest BCUT2D eigenvalue weighted by molar-refractivity contribution is 6.32. The molecule has 0 radical (unpaired) electrons. The molecule has 0 saturated heterocycles. The topological polar surface area (TPSA) is 73.0 Å². The van der Waals surface area contributed by atoms with Gasteiger partial charge in [-0.1, -0.05) is 17.7 Å². The summed E-state index contributed by atoms with van der Waals surface area (Å²) in [5.74, 6) is 0.559. The maximum absolute atomic E-state index is 12.1. The molecule has 2 aromatic heterocycles. The number of nitriles is 1. The summed E-state index contributed by atoms with van der Waals surface area (Å²) in [7, 11) is 0. The zero-order valence-corrected chi connectivity index (χ0v) is 16.2. The van der Waals surface area contributed by atoms with Crippen molar-refractivity contribution in [2.75, 3.05) is 13.2 Å². The lowest BCUT2D eigenvalue weighted by Gasteiger charge is -2.09. The van der Waals surface area contributed by atoms with Crippen LogP contribution in [-0.4, -0.2) is 23.6 Å². The standard InChI is InChI=1S/C22H17ClN2O4/c23-18-10-15(11-20-22(18)28-9-3-8-27-20)5-6-21(26)29-14-16-13-25-7-2-1-4-19(25)17(16)12-24/h1-2,4-7,10-11,13H,3,8-9,14H2/b6-5+. The molecule has 0 unspecified atom stereocenters. The fourth-order valence-corrected chi connectivity index (χ4v) is 3.40. The van der Waals surface area contributed by atoms with Crippen LogP contribution in [0, 0.1) is 11.3 Å². The van der Waals surface area contributed by atoms with E-state index in [1.165, 1.54) is 6.08 Å². The molecule has 1 aliphatic heterocycles. The molecule has 3 heterocycles. The molecule has 0 fully saturated rings. The van der Waals surface area contributed by atoms with E-state index in [1.54, 1.807) is 24.4 Å². The zero-order valence-electron chi connectivity index (χ0n) is 15.4. The van der Waals surface area contributed by atoms with Crippen molar-refractivity contribution < 1.29 is 19.0 Å². The zero-order chi connectivity index (χ0) is 20.2. The van der Waals surface area contributed by atoms with Gasteiger partial charge in [-0.2, -0.15) is 5.26 Å². The Morgan fingerprint density at radius 2 is 2.17 bits per heavy atom. The first-order valence-electron chi connectivity index (χ1n) is 9.08. The molecule has 0 saturated carbocycles. The van der Waals surface area contributed by atoms with E-state index in [9.17, 15) is 10.1 Å². The molecule has 0 spiro atoms. The van der Waals surface area contributed by atoms with E-state index in [0.29, 0.717) is 46.4 Å². The molecule has 4 rings (SSSR count). The van der Waals surface area contributed by atoms with Crippen LogP contribution in [0.5, 0.6) is 11.5 Å². The van der Waals surface area contributed by atoms with Crippen LogP contribution in [0.2, 0.25) is 5.02 Å². The third kappa shape index (κ3) is 4.05. The Kier molecular flexibility index (Phi) is 5.41. The molecule has 6 nitrogen and oxygen atoms in total. The minimum absolute atomic E-state index is 0.00957. The van der Waals surface area contributed by atoms with Crippen LogP contribution in [0.3, 0.4) is 0 Å². The van der Waals surface area contributed by atoms with Crippen molar-refractivity contribution in [2.45, 2.75) is 13.0 Å². The highest BCUT2D eigenvalue weighted by Gasteiger charge is 2.15. The predicted molar refractivity (Wildman–Crippen MR) is 108 cm³/mol. The van der Waals surface area contributed by atoms with Gasteiger partial charge in [0.05, 0.1) is 29.3 Å². The smallest absolute Gasteiger partial charge is 0.331 e. The summed E-state index contributed by atoms with van der Waals surface area (Å²) < 4.78 is 18.4. The summed E-state index contributed by atoms with van der Waals surface area (Å²) >= 11 is 6.26. The Morgan fingerprint density at radius 1 is 1.31 bits per heavy atom. The van der Waals surface area contributed by atoms with E-state index in [1.807, 2.05) is 28.8 Å². The van der Waals surface area contributed by atoms with Gasteiger partial charge < -0.3 is 18.6 Å². The predicted octanol–water partition coefficient (Wildman–Crippen LogP) is 4.38. The second-order valence-corrected chi connectivity index (χ2v) is 6.86. The van der Waals surface area contributed by atoms with Crippen LogP contribution in [0.15, 0.2) is 48.8 Å². The van der Waals surface area contributed by atoms with Gasteiger partial charge in [-0.05, 0) is 35.9 Å². The summed E-state index contributed by atoms with van der Waals surface area (Å²) in [5.41, 5.74) is 2.62. The number of halogens is 1. The number of hydrogen-bond donors (Lipinski definition) is 0. The quantitative estimate of drug-likeness (QED) is 0.473. The molecule has 0 amide bonds. The van der Waals surface area contributed by atoms with Crippen LogP contribution in [-0.2, 0) is 16.1 Å². The normalized spacial score (nSPS) is 13.2. The number of aromatic nitrogens is 1. The van der Waals surface area contributed by atoms with E-state index in [2.05, 4.69) is 6.07 Å². The van der Waals surface area contributed by atoms with E-state index in [-0.39, 0.29) is 6.61 Å². The lowest BCUT2D eigenvalue weighted by Crippen LogP contribution is -2.01. The molecule has 3 aromatic rings. The maximum Gasteiger partial charge on any atom is 0.331 e. The summed E-state index contributed by atoms with van der Waals surface area (Å²) in [6, 6.07) is 11.2. The molecule has 0 aliphatic carbocycles. The molecule has 0 N–H and O–H groups in total. The second-order valence-electron chi connectivity index (χ2n) is 6.46. The molecule has 0 bridgehead atoms. The van der Waals surface area contributed by atoms with Gasteiger partial charge in [-0.15, -0.1) is 0 Å². The summed E-state index contributed by atoms with van der Waals surface area (Å²) in [6.45, 7) is 1.11. The van der Waals surface area contributed by atoms with Crippen molar-refractivity contribution >= 4 is 29.2 Å². The first-order valence-corrected chi connectivity index (χ1v) is 9.46. The summed E-state index contributed by atoms with van der Waals surface area (Å²) in [5, 5.41) is 9.84. The number of ether oxygens (including phenoxy) is 3. The van der Waals surface area contributed by atoms with Crippen molar-refractivity contribution in [1.29, 1.82) is 5.26 Å². The number of esters is 1. The largest absolute Gasteiger partial charge is 0.489 e. The average molecular weight is 409 g/mol. The van der Waals surface area contributed by atoms with Crippen LogP contribution in [0.25, 0.3) is 11.6 Å². The number of fused-ring (bicyclic) bond motifs is 2. The van der Waals surface area contributed by atoms with Crippen molar-refractivity contribution in [3.8, 4) is 17.6 Å². The minimum atomic E-state index is -0.521. The Bertz CT molecular complexity index is 1140. The minimum Gasteiger partial charge on any atom is -0.489 e. The first-order chi connectivity index (χ1) is 14.2. The molecule has 1 aromatic carbocycles. The highest BCUT2D eigenvalue weighted by Crippen LogP contribution is 2.38. The van der Waals surface area contributed by atoms with Crippen molar-refractivity contribution in [3.05, 3.63) is 70.5 Å². The van der Waals surface area contributed by atoms with Gasteiger partial charge in [0, 0.05) is 30.5 Å². The van der Waals surface area contributed by atoms with Gasteiger partial charge in [-0.25, -0.2) is 4.79 Å².